The van der Waals surface area contributed by atoms with Crippen LogP contribution < -0.4 is 5.32 Å². The maximum absolute atomic E-state index is 12.7. The van der Waals surface area contributed by atoms with E-state index in [4.69, 9.17) is 0 Å². The summed E-state index contributed by atoms with van der Waals surface area (Å²) in [4.78, 5) is 40.9. The van der Waals surface area contributed by atoms with Gasteiger partial charge in [-0.2, -0.15) is 0 Å². The summed E-state index contributed by atoms with van der Waals surface area (Å²) in [7, 11) is 0. The molecule has 0 bridgehead atoms. The smallest absolute Gasteiger partial charge is 0.242 e. The number of imide groups is 1. The fourth-order valence-electron chi connectivity index (χ4n) is 5.09. The zero-order valence-corrected chi connectivity index (χ0v) is 15.4. The Morgan fingerprint density at radius 3 is 1.96 bits per heavy atom. The van der Waals surface area contributed by atoms with Crippen LogP contribution in [-0.2, 0) is 14.4 Å². The summed E-state index contributed by atoms with van der Waals surface area (Å²) in [5.74, 6) is 0.759. The van der Waals surface area contributed by atoms with Gasteiger partial charge in [0.1, 0.15) is 6.54 Å². The number of hydrogen-bond acceptors (Lipinski definition) is 4. The average Bonchev–Trinajstić information content (AvgIpc) is 3.06. The summed E-state index contributed by atoms with van der Waals surface area (Å²) in [5, 5.41) is 3.43. The fraction of sp³-hybridized carbons (Fsp3) is 0.833. The van der Waals surface area contributed by atoms with Gasteiger partial charge in [0.25, 0.3) is 0 Å². The average molecular weight is 370 g/mol. The predicted octanol–water partition coefficient (Wildman–Crippen LogP) is 1.04. The van der Waals surface area contributed by atoms with E-state index in [1.807, 2.05) is 4.90 Å². The van der Waals surface area contributed by atoms with E-state index < -0.39 is 0 Å². The number of carbonyl (C=O) groups excluding carboxylic acids is 3. The number of likely N-dealkylation sites (tertiary alicyclic amines) is 2. The Bertz CT molecular complexity index is 518. The molecule has 3 saturated heterocycles. The highest BCUT2D eigenvalue weighted by Crippen LogP contribution is 2.38. The van der Waals surface area contributed by atoms with E-state index in [1.54, 1.807) is 0 Å². The minimum atomic E-state index is -0.159. The molecule has 4 aliphatic rings. The van der Waals surface area contributed by atoms with E-state index in [0.29, 0.717) is 11.8 Å². The Balaban J connectivity index is 0.00000182. The van der Waals surface area contributed by atoms with Gasteiger partial charge >= 0.3 is 0 Å². The molecule has 2 unspecified atom stereocenters. The van der Waals surface area contributed by atoms with Crippen LogP contribution in [0.2, 0.25) is 0 Å². The predicted molar refractivity (Wildman–Crippen MR) is 95.1 cm³/mol. The highest BCUT2D eigenvalue weighted by Gasteiger charge is 2.48. The molecule has 1 N–H and O–H groups in total. The maximum atomic E-state index is 12.7. The van der Waals surface area contributed by atoms with Crippen LogP contribution >= 0.6 is 12.4 Å². The van der Waals surface area contributed by atoms with Crippen LogP contribution in [0.5, 0.6) is 0 Å². The molecule has 3 heterocycles. The van der Waals surface area contributed by atoms with Gasteiger partial charge in [-0.1, -0.05) is 12.8 Å². The molecule has 25 heavy (non-hydrogen) atoms. The molecule has 0 aromatic rings. The Kier molecular flexibility index (Phi) is 5.68. The van der Waals surface area contributed by atoms with Crippen molar-refractivity contribution in [1.82, 2.24) is 15.1 Å². The minimum absolute atomic E-state index is 0. The first kappa shape index (κ1) is 18.6. The summed E-state index contributed by atoms with van der Waals surface area (Å²) in [6.45, 7) is 3.58. The molecule has 4 rings (SSSR count). The van der Waals surface area contributed by atoms with E-state index in [2.05, 4.69) is 5.32 Å². The number of hydrogen-bond donors (Lipinski definition) is 1. The van der Waals surface area contributed by atoms with Crippen LogP contribution in [0.1, 0.15) is 38.5 Å². The lowest BCUT2D eigenvalue weighted by atomic mass is 9.81. The van der Waals surface area contributed by atoms with Crippen molar-refractivity contribution in [1.29, 1.82) is 0 Å². The molecule has 1 saturated carbocycles. The van der Waals surface area contributed by atoms with Crippen LogP contribution in [-0.4, -0.2) is 60.2 Å². The van der Waals surface area contributed by atoms with Crippen LogP contribution in [0.15, 0.2) is 0 Å². The lowest BCUT2D eigenvalue weighted by molar-refractivity contribution is -0.146. The van der Waals surface area contributed by atoms with Gasteiger partial charge in [0, 0.05) is 13.1 Å². The molecule has 6 nitrogen and oxygen atoms in total. The van der Waals surface area contributed by atoms with Crippen LogP contribution in [0.3, 0.4) is 0 Å². The van der Waals surface area contributed by atoms with Gasteiger partial charge in [-0.3, -0.25) is 19.3 Å². The zero-order valence-electron chi connectivity index (χ0n) is 14.6. The first-order valence-corrected chi connectivity index (χ1v) is 9.49. The van der Waals surface area contributed by atoms with Gasteiger partial charge in [0.05, 0.1) is 11.8 Å². The summed E-state index contributed by atoms with van der Waals surface area (Å²) in [6.07, 6.45) is 5.70. The van der Waals surface area contributed by atoms with E-state index in [9.17, 15) is 14.4 Å². The van der Waals surface area contributed by atoms with Crippen LogP contribution in [0.25, 0.3) is 0 Å². The van der Waals surface area contributed by atoms with E-state index >= 15 is 0 Å². The second-order valence-corrected chi connectivity index (χ2v) is 7.90. The lowest BCUT2D eigenvalue weighted by Crippen LogP contribution is -2.43. The van der Waals surface area contributed by atoms with Gasteiger partial charge in [0.15, 0.2) is 0 Å². The lowest BCUT2D eigenvalue weighted by Gasteiger charge is -2.23. The van der Waals surface area contributed by atoms with Crippen molar-refractivity contribution in [2.45, 2.75) is 38.5 Å². The summed E-state index contributed by atoms with van der Waals surface area (Å²) < 4.78 is 0. The number of fused-ring (bicyclic) bond motifs is 2. The Morgan fingerprint density at radius 2 is 1.44 bits per heavy atom. The Labute approximate surface area is 155 Å². The van der Waals surface area contributed by atoms with E-state index in [0.717, 1.165) is 64.7 Å². The number of halogens is 1. The second kappa shape index (κ2) is 7.62. The van der Waals surface area contributed by atoms with E-state index in [1.165, 1.54) is 4.90 Å². The molecule has 0 spiro atoms. The SMILES string of the molecule is Cl.O=C(CN1C(=O)C2CCCCC2C1=O)N1CC[C@@H]2CNC[C@@H]2CC1. The minimum Gasteiger partial charge on any atom is -0.341 e. The number of nitrogens with zero attached hydrogens (tertiary/aromatic N) is 2. The highest BCUT2D eigenvalue weighted by atomic mass is 35.5. The number of amides is 3. The molecule has 7 heteroatoms. The van der Waals surface area contributed by atoms with Crippen molar-refractivity contribution in [2.24, 2.45) is 23.7 Å². The molecule has 3 amide bonds. The van der Waals surface area contributed by atoms with Crippen LogP contribution in [0, 0.1) is 23.7 Å². The third-order valence-electron chi connectivity index (χ3n) is 6.60. The van der Waals surface area contributed by atoms with Gasteiger partial charge in [0.2, 0.25) is 17.7 Å². The topological polar surface area (TPSA) is 69.7 Å². The number of rotatable bonds is 2. The van der Waals surface area contributed by atoms with Crippen molar-refractivity contribution in [3.63, 3.8) is 0 Å². The Hall–Kier alpha value is -1.14. The van der Waals surface area contributed by atoms with Gasteiger partial charge in [-0.25, -0.2) is 0 Å². The normalized spacial score (nSPS) is 35.0. The van der Waals surface area contributed by atoms with Crippen molar-refractivity contribution in [3.8, 4) is 0 Å². The molecule has 140 valence electrons. The molecule has 1 aliphatic carbocycles. The fourth-order valence-corrected chi connectivity index (χ4v) is 5.09. The molecule has 0 radical (unpaired) electrons. The van der Waals surface area contributed by atoms with Crippen LogP contribution in [0.4, 0.5) is 0 Å². The van der Waals surface area contributed by atoms with Crippen molar-refractivity contribution >= 4 is 30.1 Å². The molecule has 0 aromatic carbocycles. The highest BCUT2D eigenvalue weighted by molar-refractivity contribution is 6.07. The van der Waals surface area contributed by atoms with Gasteiger partial charge in [-0.15, -0.1) is 12.4 Å². The standard InChI is InChI=1S/C18H27N3O3.ClH/c22-16(20-7-5-12-9-19-10-13(12)6-8-20)11-21-17(23)14-3-1-2-4-15(14)18(21)24;/h12-15,19H,1-11H2;1H/t12-,13+,14?,15?;. The first-order valence-electron chi connectivity index (χ1n) is 9.49. The quantitative estimate of drug-likeness (QED) is 0.738. The Morgan fingerprint density at radius 1 is 0.920 bits per heavy atom. The monoisotopic (exact) mass is 369 g/mol. The maximum Gasteiger partial charge on any atom is 0.242 e. The number of carbonyl (C=O) groups is 3. The third-order valence-corrected chi connectivity index (χ3v) is 6.60. The molecular weight excluding hydrogens is 342 g/mol. The second-order valence-electron chi connectivity index (χ2n) is 7.90. The molecule has 0 aromatic heterocycles. The van der Waals surface area contributed by atoms with Crippen molar-refractivity contribution in [3.05, 3.63) is 0 Å². The van der Waals surface area contributed by atoms with E-state index in [-0.39, 0.29) is 48.5 Å². The third kappa shape index (κ3) is 3.43. The summed E-state index contributed by atoms with van der Waals surface area (Å²) in [5.41, 5.74) is 0. The zero-order chi connectivity index (χ0) is 16.7. The first-order chi connectivity index (χ1) is 11.6. The summed E-state index contributed by atoms with van der Waals surface area (Å²) >= 11 is 0. The molecule has 4 fully saturated rings. The van der Waals surface area contributed by atoms with Crippen molar-refractivity contribution in [2.75, 3.05) is 32.7 Å². The molecule has 4 atom stereocenters. The summed E-state index contributed by atoms with van der Waals surface area (Å²) in [6, 6.07) is 0. The molecular formula is C18H28ClN3O3. The van der Waals surface area contributed by atoms with Gasteiger partial charge in [-0.05, 0) is 50.6 Å². The largest absolute Gasteiger partial charge is 0.341 e. The molecule has 3 aliphatic heterocycles. The van der Waals surface area contributed by atoms with Crippen molar-refractivity contribution < 1.29 is 14.4 Å². The van der Waals surface area contributed by atoms with Gasteiger partial charge < -0.3 is 10.2 Å². The number of nitrogens with one attached hydrogen (secondary N) is 1.